The molecule has 0 saturated carbocycles. The van der Waals surface area contributed by atoms with Crippen LogP contribution in [0.1, 0.15) is 57.8 Å². The van der Waals surface area contributed by atoms with E-state index >= 15 is 0 Å². The highest BCUT2D eigenvalue weighted by atomic mass is 14.8. The Balaban J connectivity index is 0.839. The molecule has 368 valence electrons. The van der Waals surface area contributed by atoms with Crippen LogP contribution in [0.3, 0.4) is 0 Å². The molecule has 0 amide bonds. The molecule has 15 rings (SSSR count). The van der Waals surface area contributed by atoms with Crippen molar-refractivity contribution in [3.05, 3.63) is 270 Å². The smallest absolute Gasteiger partial charge is 0.0979 e. The first-order chi connectivity index (χ1) is 38.6. The summed E-state index contributed by atoms with van der Waals surface area (Å²) in [6.07, 6.45) is 28.2. The topological polar surface area (TPSA) is 77.3 Å². The Morgan fingerprint density at radius 3 is 1.79 bits per heavy atom. The van der Waals surface area contributed by atoms with Gasteiger partial charge in [0.2, 0.25) is 0 Å². The largest absolute Gasteiger partial charge is 0.252 e. The summed E-state index contributed by atoms with van der Waals surface area (Å²) in [5.41, 5.74) is 22.2. The Bertz CT molecular complexity index is 4580. The maximum Gasteiger partial charge on any atom is 0.0979 e. The van der Waals surface area contributed by atoms with Crippen LogP contribution < -0.4 is 0 Å². The van der Waals surface area contributed by atoms with Crippen molar-refractivity contribution in [2.75, 3.05) is 0 Å². The molecule has 1 unspecified atom stereocenters. The summed E-state index contributed by atoms with van der Waals surface area (Å²) in [5.74, 6) is 0.0480. The van der Waals surface area contributed by atoms with Gasteiger partial charge >= 0.3 is 0 Å². The van der Waals surface area contributed by atoms with Crippen LogP contribution in [0.5, 0.6) is 0 Å². The lowest BCUT2D eigenvalue weighted by atomic mass is 9.80. The molecule has 0 spiro atoms. The van der Waals surface area contributed by atoms with Crippen molar-refractivity contribution in [3.63, 3.8) is 0 Å². The molecule has 78 heavy (non-hydrogen) atoms. The third-order valence-electron chi connectivity index (χ3n) is 16.1. The Kier molecular flexibility index (Phi) is 11.2. The van der Waals surface area contributed by atoms with Gasteiger partial charge in [-0.15, -0.1) is 0 Å². The van der Waals surface area contributed by atoms with Crippen molar-refractivity contribution in [2.24, 2.45) is 0 Å². The number of nitrogens with zero attached hydrogens (tertiary/aromatic N) is 6. The van der Waals surface area contributed by atoms with E-state index in [0.717, 1.165) is 131 Å². The molecule has 0 radical (unpaired) electrons. The van der Waals surface area contributed by atoms with E-state index < -0.39 is 0 Å². The maximum absolute atomic E-state index is 5.45. The first-order valence-electron chi connectivity index (χ1n) is 27.1. The van der Waals surface area contributed by atoms with E-state index in [1.165, 1.54) is 44.0 Å². The number of hydrogen-bond donors (Lipinski definition) is 0. The average molecular weight is 999 g/mol. The van der Waals surface area contributed by atoms with Gasteiger partial charge in [0.25, 0.3) is 0 Å². The Labute approximate surface area is 452 Å². The molecule has 6 heteroatoms. The third kappa shape index (κ3) is 8.04. The van der Waals surface area contributed by atoms with Crippen molar-refractivity contribution in [1.82, 2.24) is 29.9 Å². The lowest BCUT2D eigenvalue weighted by Crippen LogP contribution is -2.05. The van der Waals surface area contributed by atoms with E-state index in [1.54, 1.807) is 0 Å². The van der Waals surface area contributed by atoms with Gasteiger partial charge in [-0.2, -0.15) is 0 Å². The van der Waals surface area contributed by atoms with Crippen LogP contribution >= 0.6 is 0 Å². The standard InChI is InChI=1S/C72H50N6/c1-2-4-35-64-68(55-26-6-5-19-45(55)18-3-1)73-42-65(76-64)49-23-15-20-46(36-49)52-39-53(47-21-16-24-50(37-47)66-43-74-69-60-31-11-7-27-56(60)58-29-9-13-33-62(58)71(69)77-66)41-54(40-52)48-22-17-25-51(38-48)67-44-75-70-61-32-12-8-28-57(61)59-30-10-14-34-63(59)72(70)78-67/h1-13,15-17,19-33,36-39,41-44,52H,14,18,34-35,40H2. The molecule has 9 aromatic carbocycles. The second kappa shape index (κ2) is 19.1. The number of allylic oxidation sites excluding steroid dienone is 9. The normalized spacial score (nSPS) is 15.1. The summed E-state index contributed by atoms with van der Waals surface area (Å²) >= 11 is 0. The van der Waals surface area contributed by atoms with E-state index in [0.29, 0.717) is 6.42 Å². The monoisotopic (exact) mass is 998 g/mol. The van der Waals surface area contributed by atoms with Gasteiger partial charge in [-0.05, 0) is 105 Å². The zero-order valence-electron chi connectivity index (χ0n) is 42.8. The number of benzene rings is 9. The number of rotatable bonds is 6. The van der Waals surface area contributed by atoms with Crippen LogP contribution in [0.2, 0.25) is 0 Å². The minimum atomic E-state index is 0.0480. The van der Waals surface area contributed by atoms with Crippen LogP contribution in [0.4, 0.5) is 0 Å². The average Bonchev–Trinajstić information content (AvgIpc) is 3.66. The second-order valence-corrected chi connectivity index (χ2v) is 20.7. The van der Waals surface area contributed by atoms with Crippen LogP contribution in [-0.4, -0.2) is 29.9 Å². The van der Waals surface area contributed by atoms with Gasteiger partial charge in [0.1, 0.15) is 0 Å². The van der Waals surface area contributed by atoms with E-state index in [2.05, 4.69) is 218 Å². The highest BCUT2D eigenvalue weighted by Gasteiger charge is 2.23. The van der Waals surface area contributed by atoms with Gasteiger partial charge in [0.05, 0.1) is 69.1 Å². The molecule has 0 N–H and O–H groups in total. The van der Waals surface area contributed by atoms with Crippen molar-refractivity contribution in [2.45, 2.75) is 38.0 Å². The first-order valence-corrected chi connectivity index (χ1v) is 27.1. The van der Waals surface area contributed by atoms with Crippen molar-refractivity contribution in [1.29, 1.82) is 0 Å². The Hall–Kier alpha value is -9.78. The third-order valence-corrected chi connectivity index (χ3v) is 16.1. The van der Waals surface area contributed by atoms with Gasteiger partial charge in [-0.25, -0.2) is 15.0 Å². The van der Waals surface area contributed by atoms with Gasteiger partial charge in [-0.3, -0.25) is 15.0 Å². The number of aryl methyl sites for hydroxylation is 1. The molecule has 0 aliphatic heterocycles. The minimum absolute atomic E-state index is 0.0480. The number of fused-ring (bicyclic) bond motifs is 15. The highest BCUT2D eigenvalue weighted by Crippen LogP contribution is 2.43. The quantitative estimate of drug-likeness (QED) is 0.155. The van der Waals surface area contributed by atoms with Crippen molar-refractivity contribution >= 4 is 71.6 Å². The molecule has 3 heterocycles. The van der Waals surface area contributed by atoms with Crippen molar-refractivity contribution in [3.8, 4) is 45.0 Å². The summed E-state index contributed by atoms with van der Waals surface area (Å²) in [6.45, 7) is 0. The highest BCUT2D eigenvalue weighted by molar-refractivity contribution is 6.23. The molecule has 3 aromatic heterocycles. The van der Waals surface area contributed by atoms with E-state index in [9.17, 15) is 0 Å². The van der Waals surface area contributed by atoms with Gasteiger partial charge in [-0.1, -0.05) is 200 Å². The van der Waals surface area contributed by atoms with E-state index in [-0.39, 0.29) is 5.92 Å². The molecule has 0 fully saturated rings. The lowest BCUT2D eigenvalue weighted by Gasteiger charge is -2.24. The molecule has 6 nitrogen and oxygen atoms in total. The fourth-order valence-electron chi connectivity index (χ4n) is 12.2. The van der Waals surface area contributed by atoms with E-state index in [1.807, 2.05) is 18.6 Å². The van der Waals surface area contributed by atoms with Gasteiger partial charge in [0, 0.05) is 50.8 Å². The molecular formula is C72H50N6. The molecular weight excluding hydrogens is 949 g/mol. The predicted molar refractivity (Wildman–Crippen MR) is 322 cm³/mol. The van der Waals surface area contributed by atoms with Crippen LogP contribution in [0.15, 0.2) is 231 Å². The fourth-order valence-corrected chi connectivity index (χ4v) is 12.2. The number of hydrogen-bond acceptors (Lipinski definition) is 6. The minimum Gasteiger partial charge on any atom is -0.252 e. The molecule has 1 atom stereocenters. The Morgan fingerprint density at radius 1 is 0.436 bits per heavy atom. The summed E-state index contributed by atoms with van der Waals surface area (Å²) in [4.78, 5) is 31.7. The molecule has 12 aromatic rings. The zero-order chi connectivity index (χ0) is 51.5. The molecule has 3 aliphatic rings. The van der Waals surface area contributed by atoms with Crippen molar-refractivity contribution < 1.29 is 0 Å². The van der Waals surface area contributed by atoms with Gasteiger partial charge < -0.3 is 0 Å². The predicted octanol–water partition coefficient (Wildman–Crippen LogP) is 17.3. The summed E-state index contributed by atoms with van der Waals surface area (Å²) in [5, 5.41) is 6.95. The van der Waals surface area contributed by atoms with Gasteiger partial charge in [0.15, 0.2) is 0 Å². The molecule has 3 aliphatic carbocycles. The van der Waals surface area contributed by atoms with Crippen LogP contribution in [0.25, 0.3) is 117 Å². The van der Waals surface area contributed by atoms with Crippen LogP contribution in [-0.2, 0) is 19.3 Å². The molecule has 0 bridgehead atoms. The van der Waals surface area contributed by atoms with Crippen LogP contribution in [0, 0.1) is 0 Å². The SMILES string of the molecule is C1=CCc2ccccc2-c2ncc(-c3cccc(C4C=C(c5cccc(-c6cnc7c8ccccc8c8ccccc8c7n6)c5)C=C(c5cccc(-c6cnc7c(n6)c6c(c8ccccc87)C=CCC6)c5)C4)c3)nc2CC=C1. The molecule has 0 saturated heterocycles. The second-order valence-electron chi connectivity index (χ2n) is 20.7. The summed E-state index contributed by atoms with van der Waals surface area (Å²) in [6, 6.07) is 60.8. The maximum atomic E-state index is 5.45. The lowest BCUT2D eigenvalue weighted by molar-refractivity contribution is 0.871. The summed E-state index contributed by atoms with van der Waals surface area (Å²) in [7, 11) is 0. The fraction of sp³-hybridized carbons (Fsp3) is 0.0833. The zero-order valence-corrected chi connectivity index (χ0v) is 42.8. The Morgan fingerprint density at radius 2 is 1.01 bits per heavy atom. The number of aromatic nitrogens is 6. The van der Waals surface area contributed by atoms with E-state index in [4.69, 9.17) is 29.9 Å². The summed E-state index contributed by atoms with van der Waals surface area (Å²) < 4.78 is 0. The first kappa shape index (κ1) is 45.6.